The minimum atomic E-state index is -0.838. The van der Waals surface area contributed by atoms with Gasteiger partial charge in [0.1, 0.15) is 0 Å². The molecule has 0 radical (unpaired) electrons. The fourth-order valence-electron chi connectivity index (χ4n) is 2.58. The second kappa shape index (κ2) is 7.45. The number of benzene rings is 1. The molecule has 1 heterocycles. The van der Waals surface area contributed by atoms with E-state index in [1.807, 2.05) is 6.92 Å². The molecule has 2 rings (SSSR count). The number of nitro benzene ring substituents is 1. The van der Waals surface area contributed by atoms with Crippen LogP contribution in [-0.4, -0.2) is 45.6 Å². The topological polar surface area (TPSA) is 101 Å². The van der Waals surface area contributed by atoms with Gasteiger partial charge in [-0.2, -0.15) is 0 Å². The van der Waals surface area contributed by atoms with E-state index < -0.39 is 16.8 Å². The van der Waals surface area contributed by atoms with Crippen molar-refractivity contribution in [2.24, 2.45) is 5.92 Å². The van der Waals surface area contributed by atoms with Gasteiger partial charge in [-0.05, 0) is 24.7 Å². The van der Waals surface area contributed by atoms with Crippen molar-refractivity contribution in [2.45, 2.75) is 24.7 Å². The van der Waals surface area contributed by atoms with E-state index in [4.69, 9.17) is 5.11 Å². The molecule has 0 aliphatic carbocycles. The number of aliphatic carboxylic acids is 1. The van der Waals surface area contributed by atoms with Gasteiger partial charge in [0.2, 0.25) is 0 Å². The summed E-state index contributed by atoms with van der Waals surface area (Å²) in [6, 6.07) is 4.30. The first-order chi connectivity index (χ1) is 10.9. The molecule has 1 aliphatic heterocycles. The third-order valence-electron chi connectivity index (χ3n) is 3.84. The lowest BCUT2D eigenvalue weighted by atomic mass is 9.96. The zero-order valence-corrected chi connectivity index (χ0v) is 13.5. The number of likely N-dealkylation sites (tertiary alicyclic amines) is 1. The normalized spacial score (nSPS) is 15.4. The van der Waals surface area contributed by atoms with Gasteiger partial charge in [0.15, 0.2) is 0 Å². The quantitative estimate of drug-likeness (QED) is 0.503. The van der Waals surface area contributed by atoms with E-state index in [2.05, 4.69) is 0 Å². The van der Waals surface area contributed by atoms with Crippen molar-refractivity contribution >= 4 is 29.3 Å². The minimum Gasteiger partial charge on any atom is -0.481 e. The van der Waals surface area contributed by atoms with Crippen LogP contribution in [0.1, 0.15) is 30.1 Å². The molecule has 1 aromatic carbocycles. The molecule has 23 heavy (non-hydrogen) atoms. The Kier molecular flexibility index (Phi) is 5.59. The smallest absolute Gasteiger partial charge is 0.306 e. The maximum Gasteiger partial charge on any atom is 0.306 e. The fourth-order valence-corrected chi connectivity index (χ4v) is 3.36. The molecule has 0 saturated carbocycles. The molecule has 1 aliphatic rings. The van der Waals surface area contributed by atoms with Gasteiger partial charge >= 0.3 is 5.97 Å². The van der Waals surface area contributed by atoms with Gasteiger partial charge in [0.05, 0.1) is 16.4 Å². The second-order valence-corrected chi connectivity index (χ2v) is 6.58. The van der Waals surface area contributed by atoms with E-state index >= 15 is 0 Å². The SMILES string of the molecule is CCSc1ccc([N+](=O)[O-])cc1C(=O)N1CCC(C(=O)O)CC1. The van der Waals surface area contributed by atoms with E-state index in [1.54, 1.807) is 11.0 Å². The molecule has 1 N–H and O–H groups in total. The summed E-state index contributed by atoms with van der Waals surface area (Å²) in [5.41, 5.74) is 0.203. The van der Waals surface area contributed by atoms with Gasteiger partial charge in [0, 0.05) is 30.1 Å². The van der Waals surface area contributed by atoms with Crippen LogP contribution in [0.25, 0.3) is 0 Å². The third kappa shape index (κ3) is 4.01. The highest BCUT2D eigenvalue weighted by molar-refractivity contribution is 7.99. The first-order valence-corrected chi connectivity index (χ1v) is 8.36. The summed E-state index contributed by atoms with van der Waals surface area (Å²) in [4.78, 5) is 36.4. The van der Waals surface area contributed by atoms with Crippen molar-refractivity contribution in [2.75, 3.05) is 18.8 Å². The number of nitrogens with zero attached hydrogens (tertiary/aromatic N) is 2. The standard InChI is InChI=1S/C15H18N2O5S/c1-2-23-13-4-3-11(17(21)22)9-12(13)14(18)16-7-5-10(6-8-16)15(19)20/h3-4,9-10H,2,5-8H2,1H3,(H,19,20). The fraction of sp³-hybridized carbons (Fsp3) is 0.467. The summed E-state index contributed by atoms with van der Waals surface area (Å²) in [7, 11) is 0. The molecule has 1 aromatic rings. The van der Waals surface area contributed by atoms with Crippen molar-refractivity contribution in [3.8, 4) is 0 Å². The number of carboxylic acids is 1. The van der Waals surface area contributed by atoms with Crippen LogP contribution in [0.4, 0.5) is 5.69 Å². The molecule has 1 saturated heterocycles. The van der Waals surface area contributed by atoms with Gasteiger partial charge in [-0.3, -0.25) is 19.7 Å². The largest absolute Gasteiger partial charge is 0.481 e. The Morgan fingerprint density at radius 3 is 2.57 bits per heavy atom. The Morgan fingerprint density at radius 2 is 2.04 bits per heavy atom. The number of carbonyl (C=O) groups excluding carboxylic acids is 1. The molecule has 0 atom stereocenters. The average Bonchev–Trinajstić information content (AvgIpc) is 2.54. The molecule has 0 bridgehead atoms. The number of hydrogen-bond acceptors (Lipinski definition) is 5. The first-order valence-electron chi connectivity index (χ1n) is 7.37. The highest BCUT2D eigenvalue weighted by atomic mass is 32.2. The predicted octanol–water partition coefficient (Wildman–Crippen LogP) is 2.64. The van der Waals surface area contributed by atoms with Crippen molar-refractivity contribution < 1.29 is 19.6 Å². The summed E-state index contributed by atoms with van der Waals surface area (Å²) >= 11 is 1.46. The Balaban J connectivity index is 2.22. The molecule has 7 nitrogen and oxygen atoms in total. The lowest BCUT2D eigenvalue weighted by Crippen LogP contribution is -2.40. The molecule has 0 spiro atoms. The number of carbonyl (C=O) groups is 2. The summed E-state index contributed by atoms with van der Waals surface area (Å²) in [6.07, 6.45) is 0.818. The van der Waals surface area contributed by atoms with Crippen LogP contribution in [0.3, 0.4) is 0 Å². The molecule has 0 aromatic heterocycles. The van der Waals surface area contributed by atoms with Crippen LogP contribution in [0, 0.1) is 16.0 Å². The maximum atomic E-state index is 12.7. The number of non-ortho nitro benzene ring substituents is 1. The maximum absolute atomic E-state index is 12.7. The number of rotatable bonds is 5. The van der Waals surface area contributed by atoms with Crippen LogP contribution < -0.4 is 0 Å². The lowest BCUT2D eigenvalue weighted by molar-refractivity contribution is -0.384. The highest BCUT2D eigenvalue weighted by Crippen LogP contribution is 2.29. The van der Waals surface area contributed by atoms with Crippen LogP contribution in [0.2, 0.25) is 0 Å². The number of thioether (sulfide) groups is 1. The van der Waals surface area contributed by atoms with Crippen molar-refractivity contribution in [1.82, 2.24) is 4.90 Å². The van der Waals surface area contributed by atoms with Gasteiger partial charge < -0.3 is 10.0 Å². The van der Waals surface area contributed by atoms with E-state index in [0.717, 1.165) is 5.75 Å². The van der Waals surface area contributed by atoms with E-state index in [1.165, 1.54) is 23.9 Å². The minimum absolute atomic E-state index is 0.116. The van der Waals surface area contributed by atoms with E-state index in [0.29, 0.717) is 36.4 Å². The van der Waals surface area contributed by atoms with Crippen LogP contribution in [0.15, 0.2) is 23.1 Å². The van der Waals surface area contributed by atoms with Crippen LogP contribution >= 0.6 is 11.8 Å². The van der Waals surface area contributed by atoms with Gasteiger partial charge in [0.25, 0.3) is 11.6 Å². The summed E-state index contributed by atoms with van der Waals surface area (Å²) in [5, 5.41) is 20.0. The average molecular weight is 338 g/mol. The summed E-state index contributed by atoms with van der Waals surface area (Å²) < 4.78 is 0. The number of nitro groups is 1. The number of piperidine rings is 1. The number of hydrogen-bond donors (Lipinski definition) is 1. The van der Waals surface area contributed by atoms with Gasteiger partial charge in [-0.25, -0.2) is 0 Å². The molecular weight excluding hydrogens is 320 g/mol. The molecule has 0 unspecified atom stereocenters. The molecule has 124 valence electrons. The summed E-state index contributed by atoms with van der Waals surface area (Å²) in [5.74, 6) is -0.782. The van der Waals surface area contributed by atoms with E-state index in [9.17, 15) is 19.7 Å². The van der Waals surface area contributed by atoms with Crippen LogP contribution in [0.5, 0.6) is 0 Å². The molecule has 1 amide bonds. The van der Waals surface area contributed by atoms with Crippen molar-refractivity contribution in [3.05, 3.63) is 33.9 Å². The molecule has 8 heteroatoms. The predicted molar refractivity (Wildman–Crippen MR) is 85.8 cm³/mol. The zero-order chi connectivity index (χ0) is 17.0. The van der Waals surface area contributed by atoms with Crippen molar-refractivity contribution in [1.29, 1.82) is 0 Å². The number of carboxylic acid groups (broad SMARTS) is 1. The van der Waals surface area contributed by atoms with Gasteiger partial charge in [-0.1, -0.05) is 6.92 Å². The summed E-state index contributed by atoms with van der Waals surface area (Å²) in [6.45, 7) is 2.65. The number of amides is 1. The lowest BCUT2D eigenvalue weighted by Gasteiger charge is -2.30. The van der Waals surface area contributed by atoms with Crippen molar-refractivity contribution in [3.63, 3.8) is 0 Å². The Hall–Kier alpha value is -2.09. The molecule has 1 fully saturated rings. The third-order valence-corrected chi connectivity index (χ3v) is 4.79. The van der Waals surface area contributed by atoms with Gasteiger partial charge in [-0.15, -0.1) is 11.8 Å². The highest BCUT2D eigenvalue weighted by Gasteiger charge is 2.29. The Labute approximate surface area is 137 Å². The van der Waals surface area contributed by atoms with E-state index in [-0.39, 0.29) is 11.6 Å². The Bertz CT molecular complexity index is 626. The molecular formula is C15H18N2O5S. The first kappa shape index (κ1) is 17.3. The second-order valence-electron chi connectivity index (χ2n) is 5.28. The zero-order valence-electron chi connectivity index (χ0n) is 12.7. The Morgan fingerprint density at radius 1 is 1.39 bits per heavy atom. The van der Waals surface area contributed by atoms with Crippen LogP contribution in [-0.2, 0) is 4.79 Å². The monoisotopic (exact) mass is 338 g/mol.